The Kier molecular flexibility index (Phi) is 4.50. The van der Waals surface area contributed by atoms with Crippen LogP contribution in [-0.4, -0.2) is 34.0 Å². The Morgan fingerprint density at radius 3 is 2.44 bits per heavy atom. The van der Waals surface area contributed by atoms with Crippen LogP contribution in [-0.2, 0) is 5.60 Å². The van der Waals surface area contributed by atoms with Crippen molar-refractivity contribution in [3.63, 3.8) is 0 Å². The first kappa shape index (κ1) is 17.8. The molecule has 0 bridgehead atoms. The highest BCUT2D eigenvalue weighted by Crippen LogP contribution is 2.33. The van der Waals surface area contributed by atoms with Crippen molar-refractivity contribution in [2.45, 2.75) is 18.4 Å². The first-order chi connectivity index (χ1) is 13.0. The van der Waals surface area contributed by atoms with Gasteiger partial charge in [0.1, 0.15) is 5.56 Å². The monoisotopic (exact) mass is 382 g/mol. The summed E-state index contributed by atoms with van der Waals surface area (Å²) in [6.45, 7) is 0.758. The van der Waals surface area contributed by atoms with Gasteiger partial charge >= 0.3 is 0 Å². The van der Waals surface area contributed by atoms with Gasteiger partial charge in [-0.15, -0.1) is 0 Å². The fourth-order valence-corrected chi connectivity index (χ4v) is 3.75. The summed E-state index contributed by atoms with van der Waals surface area (Å²) in [4.78, 5) is 30.2. The number of carbonyl (C=O) groups is 1. The van der Waals surface area contributed by atoms with Crippen molar-refractivity contribution >= 4 is 28.4 Å². The minimum absolute atomic E-state index is 0.130. The third kappa shape index (κ3) is 3.24. The van der Waals surface area contributed by atoms with E-state index in [4.69, 9.17) is 11.6 Å². The van der Waals surface area contributed by atoms with Crippen LogP contribution in [0.3, 0.4) is 0 Å². The molecule has 1 aliphatic heterocycles. The minimum atomic E-state index is -0.989. The number of aromatic nitrogens is 1. The van der Waals surface area contributed by atoms with Crippen molar-refractivity contribution < 1.29 is 9.90 Å². The van der Waals surface area contributed by atoms with Crippen molar-refractivity contribution in [2.75, 3.05) is 13.1 Å². The molecule has 138 valence electrons. The highest BCUT2D eigenvalue weighted by atomic mass is 35.5. The summed E-state index contributed by atoms with van der Waals surface area (Å²) >= 11 is 5.92. The molecule has 0 unspecified atom stereocenters. The van der Waals surface area contributed by atoms with Crippen molar-refractivity contribution in [1.82, 2.24) is 9.88 Å². The summed E-state index contributed by atoms with van der Waals surface area (Å²) < 4.78 is 0. The number of fused-ring (bicyclic) bond motifs is 1. The zero-order valence-electron chi connectivity index (χ0n) is 14.6. The number of pyridine rings is 1. The molecule has 1 aromatic heterocycles. The summed E-state index contributed by atoms with van der Waals surface area (Å²) in [6.07, 6.45) is 2.30. The Hall–Kier alpha value is -2.63. The van der Waals surface area contributed by atoms with E-state index in [9.17, 15) is 14.7 Å². The van der Waals surface area contributed by atoms with Crippen LogP contribution in [0.5, 0.6) is 0 Å². The maximum absolute atomic E-state index is 12.9. The number of piperidine rings is 1. The molecule has 0 saturated carbocycles. The van der Waals surface area contributed by atoms with Gasteiger partial charge in [0.15, 0.2) is 0 Å². The lowest BCUT2D eigenvalue weighted by Gasteiger charge is -2.38. The van der Waals surface area contributed by atoms with Gasteiger partial charge in [-0.2, -0.15) is 0 Å². The molecule has 2 N–H and O–H groups in total. The molecule has 5 nitrogen and oxygen atoms in total. The van der Waals surface area contributed by atoms with Gasteiger partial charge in [0.2, 0.25) is 5.43 Å². The molecule has 0 radical (unpaired) electrons. The smallest absolute Gasteiger partial charge is 0.259 e. The lowest BCUT2D eigenvalue weighted by atomic mass is 9.84. The van der Waals surface area contributed by atoms with E-state index in [0.29, 0.717) is 41.9 Å². The maximum atomic E-state index is 12.9. The molecular formula is C21H19ClN2O3. The SMILES string of the molecule is O=C(c1c[nH]c2ccccc2c1=O)N1CCC(O)(c2ccc(Cl)cc2)CC1. The number of hydrogen-bond donors (Lipinski definition) is 2. The van der Waals surface area contributed by atoms with E-state index >= 15 is 0 Å². The summed E-state index contributed by atoms with van der Waals surface area (Å²) in [5.74, 6) is -0.305. The number of aromatic amines is 1. The molecule has 1 aliphatic rings. The summed E-state index contributed by atoms with van der Waals surface area (Å²) in [5, 5.41) is 12.1. The lowest BCUT2D eigenvalue weighted by Crippen LogP contribution is -2.46. The first-order valence-electron chi connectivity index (χ1n) is 8.86. The number of H-pyrrole nitrogens is 1. The number of benzene rings is 2. The second-order valence-electron chi connectivity index (χ2n) is 6.91. The van der Waals surface area contributed by atoms with Gasteiger partial charge in [-0.1, -0.05) is 35.9 Å². The maximum Gasteiger partial charge on any atom is 0.259 e. The molecule has 0 aliphatic carbocycles. The Labute approximate surface area is 161 Å². The number of nitrogens with one attached hydrogen (secondary N) is 1. The predicted octanol–water partition coefficient (Wildman–Crippen LogP) is 3.31. The number of halogens is 1. The third-order valence-electron chi connectivity index (χ3n) is 5.28. The first-order valence-corrected chi connectivity index (χ1v) is 9.24. The molecule has 1 saturated heterocycles. The number of carbonyl (C=O) groups excluding carboxylic acids is 1. The average molecular weight is 383 g/mol. The van der Waals surface area contributed by atoms with Gasteiger partial charge in [0.25, 0.3) is 5.91 Å². The summed E-state index contributed by atoms with van der Waals surface area (Å²) in [5.41, 5.74) is 0.368. The molecule has 2 heterocycles. The van der Waals surface area contributed by atoms with Crippen molar-refractivity contribution in [1.29, 1.82) is 0 Å². The Morgan fingerprint density at radius 1 is 1.07 bits per heavy atom. The molecule has 2 aromatic carbocycles. The van der Waals surface area contributed by atoms with Crippen LogP contribution in [0.15, 0.2) is 59.5 Å². The zero-order chi connectivity index (χ0) is 19.0. The van der Waals surface area contributed by atoms with Gasteiger partial charge in [-0.05, 0) is 42.7 Å². The van der Waals surface area contributed by atoms with Crippen LogP contribution in [0.4, 0.5) is 0 Å². The van der Waals surface area contributed by atoms with E-state index in [1.165, 1.54) is 6.20 Å². The van der Waals surface area contributed by atoms with E-state index in [0.717, 1.165) is 5.56 Å². The lowest BCUT2D eigenvalue weighted by molar-refractivity contribution is -0.0211. The number of amides is 1. The molecule has 6 heteroatoms. The van der Waals surface area contributed by atoms with E-state index in [2.05, 4.69) is 4.98 Å². The van der Waals surface area contributed by atoms with Crippen LogP contribution >= 0.6 is 11.6 Å². The topological polar surface area (TPSA) is 73.4 Å². The number of hydrogen-bond acceptors (Lipinski definition) is 3. The molecule has 0 atom stereocenters. The number of rotatable bonds is 2. The molecule has 4 rings (SSSR count). The zero-order valence-corrected chi connectivity index (χ0v) is 15.4. The van der Waals surface area contributed by atoms with E-state index in [1.54, 1.807) is 35.2 Å². The van der Waals surface area contributed by atoms with E-state index < -0.39 is 5.60 Å². The quantitative estimate of drug-likeness (QED) is 0.714. The molecule has 3 aromatic rings. The highest BCUT2D eigenvalue weighted by molar-refractivity contribution is 6.30. The molecular weight excluding hydrogens is 364 g/mol. The number of nitrogens with zero attached hydrogens (tertiary/aromatic N) is 1. The van der Waals surface area contributed by atoms with E-state index in [-0.39, 0.29) is 16.9 Å². The normalized spacial score (nSPS) is 16.4. The van der Waals surface area contributed by atoms with Crippen LogP contribution in [0, 0.1) is 0 Å². The Balaban J connectivity index is 1.54. The van der Waals surface area contributed by atoms with Crippen molar-refractivity contribution in [2.24, 2.45) is 0 Å². The van der Waals surface area contributed by atoms with E-state index in [1.807, 2.05) is 18.2 Å². The predicted molar refractivity (Wildman–Crippen MR) is 105 cm³/mol. The van der Waals surface area contributed by atoms with Crippen molar-refractivity contribution in [3.05, 3.63) is 81.1 Å². The van der Waals surface area contributed by atoms with Crippen LogP contribution in [0.25, 0.3) is 10.9 Å². The van der Waals surface area contributed by atoms with Gasteiger partial charge in [-0.3, -0.25) is 9.59 Å². The molecule has 0 spiro atoms. The summed E-state index contributed by atoms with van der Waals surface area (Å²) in [6, 6.07) is 14.3. The fraction of sp³-hybridized carbons (Fsp3) is 0.238. The van der Waals surface area contributed by atoms with Crippen molar-refractivity contribution in [3.8, 4) is 0 Å². The number of likely N-dealkylation sites (tertiary alicyclic amines) is 1. The second-order valence-corrected chi connectivity index (χ2v) is 7.34. The van der Waals surface area contributed by atoms with Crippen LogP contribution in [0.2, 0.25) is 5.02 Å². The average Bonchev–Trinajstić information content (AvgIpc) is 2.69. The Morgan fingerprint density at radius 2 is 1.74 bits per heavy atom. The van der Waals surface area contributed by atoms with Gasteiger partial charge < -0.3 is 15.0 Å². The number of para-hydroxylation sites is 1. The Bertz CT molecular complexity index is 1050. The molecule has 27 heavy (non-hydrogen) atoms. The summed E-state index contributed by atoms with van der Waals surface area (Å²) in [7, 11) is 0. The molecule has 1 amide bonds. The van der Waals surface area contributed by atoms with Gasteiger partial charge in [0, 0.05) is 35.2 Å². The molecule has 1 fully saturated rings. The highest BCUT2D eigenvalue weighted by Gasteiger charge is 2.36. The minimum Gasteiger partial charge on any atom is -0.385 e. The standard InChI is InChI=1S/C21H19ClN2O3/c22-15-7-5-14(6-8-15)21(27)9-11-24(12-10-21)20(26)17-13-23-18-4-2-1-3-16(18)19(17)25/h1-8,13,27H,9-12H2,(H,23,25). The third-order valence-corrected chi connectivity index (χ3v) is 5.53. The van der Waals surface area contributed by atoms with Gasteiger partial charge in [-0.25, -0.2) is 0 Å². The fourth-order valence-electron chi connectivity index (χ4n) is 3.63. The van der Waals surface area contributed by atoms with Crippen LogP contribution < -0.4 is 5.43 Å². The second kappa shape index (κ2) is 6.83. The largest absolute Gasteiger partial charge is 0.385 e. The number of aliphatic hydroxyl groups is 1. The van der Waals surface area contributed by atoms with Crippen LogP contribution in [0.1, 0.15) is 28.8 Å². The van der Waals surface area contributed by atoms with Gasteiger partial charge in [0.05, 0.1) is 5.60 Å².